The van der Waals surface area contributed by atoms with Gasteiger partial charge in [-0.25, -0.2) is 9.37 Å². The molecule has 0 aliphatic heterocycles. The van der Waals surface area contributed by atoms with Gasteiger partial charge in [-0.1, -0.05) is 6.92 Å². The minimum Gasteiger partial charge on any atom is -0.331 e. The Hall–Kier alpha value is -1.38. The molecule has 2 nitrogen and oxygen atoms in total. The molecule has 0 aliphatic rings. The van der Waals surface area contributed by atoms with Crippen molar-refractivity contribution in [3.63, 3.8) is 0 Å². The van der Waals surface area contributed by atoms with Gasteiger partial charge in [-0.05, 0) is 24.6 Å². The second kappa shape index (κ2) is 3.17. The van der Waals surface area contributed by atoms with Gasteiger partial charge in [0, 0.05) is 6.54 Å². The first-order valence-electron chi connectivity index (χ1n) is 4.41. The van der Waals surface area contributed by atoms with Crippen LogP contribution in [0.3, 0.4) is 0 Å². The zero-order chi connectivity index (χ0) is 9.26. The molecule has 2 rings (SSSR count). The normalized spacial score (nSPS) is 10.9. The third kappa shape index (κ3) is 1.41. The maximum atomic E-state index is 12.9. The fraction of sp³-hybridized carbons (Fsp3) is 0.300. The lowest BCUT2D eigenvalue weighted by molar-refractivity contribution is 0.627. The number of hydrogen-bond donors (Lipinski definition) is 0. The topological polar surface area (TPSA) is 17.8 Å². The van der Waals surface area contributed by atoms with Crippen molar-refractivity contribution < 1.29 is 4.39 Å². The number of fused-ring (bicyclic) bond motifs is 1. The predicted molar refractivity (Wildman–Crippen MR) is 50.0 cm³/mol. The Kier molecular flexibility index (Phi) is 2.00. The molecule has 0 saturated carbocycles. The molecule has 2 aromatic rings. The van der Waals surface area contributed by atoms with Crippen molar-refractivity contribution in [1.29, 1.82) is 0 Å². The second-order valence-electron chi connectivity index (χ2n) is 3.07. The van der Waals surface area contributed by atoms with Gasteiger partial charge in [0.05, 0.1) is 17.4 Å². The van der Waals surface area contributed by atoms with Crippen LogP contribution in [0, 0.1) is 5.82 Å². The Morgan fingerprint density at radius 2 is 2.31 bits per heavy atom. The lowest BCUT2D eigenvalue weighted by Crippen LogP contribution is -1.93. The minimum atomic E-state index is -0.203. The van der Waals surface area contributed by atoms with E-state index in [-0.39, 0.29) is 5.82 Å². The Morgan fingerprint density at radius 3 is 3.08 bits per heavy atom. The maximum absolute atomic E-state index is 12.9. The molecular weight excluding hydrogens is 167 g/mol. The minimum absolute atomic E-state index is 0.203. The molecule has 0 aliphatic carbocycles. The van der Waals surface area contributed by atoms with Crippen LogP contribution in [0.25, 0.3) is 11.0 Å². The van der Waals surface area contributed by atoms with Crippen molar-refractivity contribution in [2.24, 2.45) is 0 Å². The molecule has 0 spiro atoms. The van der Waals surface area contributed by atoms with Crippen LogP contribution in [0.4, 0.5) is 4.39 Å². The largest absolute Gasteiger partial charge is 0.331 e. The van der Waals surface area contributed by atoms with Gasteiger partial charge in [-0.3, -0.25) is 0 Å². The van der Waals surface area contributed by atoms with E-state index in [2.05, 4.69) is 11.9 Å². The highest BCUT2D eigenvalue weighted by atomic mass is 19.1. The van der Waals surface area contributed by atoms with Crippen molar-refractivity contribution in [2.75, 3.05) is 0 Å². The quantitative estimate of drug-likeness (QED) is 0.691. The lowest BCUT2D eigenvalue weighted by atomic mass is 10.3. The summed E-state index contributed by atoms with van der Waals surface area (Å²) in [6.07, 6.45) is 2.79. The molecule has 0 N–H and O–H groups in total. The molecule has 3 heteroatoms. The van der Waals surface area contributed by atoms with Crippen LogP contribution in [0.5, 0.6) is 0 Å². The lowest BCUT2D eigenvalue weighted by Gasteiger charge is -2.00. The highest BCUT2D eigenvalue weighted by molar-refractivity contribution is 5.75. The number of halogens is 1. The number of rotatable bonds is 2. The summed E-state index contributed by atoms with van der Waals surface area (Å²) in [5, 5.41) is 0. The van der Waals surface area contributed by atoms with Crippen molar-refractivity contribution in [2.45, 2.75) is 19.9 Å². The van der Waals surface area contributed by atoms with E-state index < -0.39 is 0 Å². The van der Waals surface area contributed by atoms with E-state index >= 15 is 0 Å². The molecule has 0 bridgehead atoms. The van der Waals surface area contributed by atoms with Gasteiger partial charge in [0.2, 0.25) is 0 Å². The third-order valence-electron chi connectivity index (χ3n) is 2.05. The van der Waals surface area contributed by atoms with Gasteiger partial charge in [0.25, 0.3) is 0 Å². The van der Waals surface area contributed by atoms with Crippen LogP contribution in [0.15, 0.2) is 24.5 Å². The van der Waals surface area contributed by atoms with Crippen LogP contribution in [-0.2, 0) is 6.54 Å². The van der Waals surface area contributed by atoms with Crippen LogP contribution < -0.4 is 0 Å². The second-order valence-corrected chi connectivity index (χ2v) is 3.07. The molecular formula is C10H11FN2. The summed E-state index contributed by atoms with van der Waals surface area (Å²) in [4.78, 5) is 4.17. The SMILES string of the molecule is CCCn1cnc2ccc(F)cc21. The van der Waals surface area contributed by atoms with E-state index in [1.54, 1.807) is 12.4 Å². The van der Waals surface area contributed by atoms with E-state index in [0.29, 0.717) is 0 Å². The predicted octanol–water partition coefficient (Wildman–Crippen LogP) is 2.59. The standard InChI is InChI=1S/C10H11FN2/c1-2-5-13-7-12-9-4-3-8(11)6-10(9)13/h3-4,6-7H,2,5H2,1H3. The molecule has 0 atom stereocenters. The van der Waals surface area contributed by atoms with Crippen LogP contribution in [0.1, 0.15) is 13.3 Å². The highest BCUT2D eigenvalue weighted by Gasteiger charge is 2.01. The fourth-order valence-electron chi connectivity index (χ4n) is 1.45. The molecule has 1 aromatic heterocycles. The third-order valence-corrected chi connectivity index (χ3v) is 2.05. The smallest absolute Gasteiger partial charge is 0.125 e. The molecule has 68 valence electrons. The van der Waals surface area contributed by atoms with Crippen LogP contribution >= 0.6 is 0 Å². The van der Waals surface area contributed by atoms with Crippen molar-refractivity contribution in [3.8, 4) is 0 Å². The van der Waals surface area contributed by atoms with Gasteiger partial charge in [0.1, 0.15) is 5.82 Å². The first-order valence-corrected chi connectivity index (χ1v) is 4.41. The number of imidazole rings is 1. The van der Waals surface area contributed by atoms with Gasteiger partial charge in [-0.15, -0.1) is 0 Å². The number of hydrogen-bond acceptors (Lipinski definition) is 1. The Balaban J connectivity index is 2.58. The molecule has 0 fully saturated rings. The zero-order valence-corrected chi connectivity index (χ0v) is 7.50. The van der Waals surface area contributed by atoms with E-state index in [4.69, 9.17) is 0 Å². The van der Waals surface area contributed by atoms with E-state index in [9.17, 15) is 4.39 Å². The van der Waals surface area contributed by atoms with Gasteiger partial charge in [-0.2, -0.15) is 0 Å². The maximum Gasteiger partial charge on any atom is 0.125 e. The average Bonchev–Trinajstić information content (AvgIpc) is 2.49. The molecule has 13 heavy (non-hydrogen) atoms. The molecule has 0 amide bonds. The molecule has 0 saturated heterocycles. The zero-order valence-electron chi connectivity index (χ0n) is 7.50. The summed E-state index contributed by atoms with van der Waals surface area (Å²) in [5.74, 6) is -0.203. The Labute approximate surface area is 76.0 Å². The molecule has 1 aromatic carbocycles. The van der Waals surface area contributed by atoms with Crippen molar-refractivity contribution >= 4 is 11.0 Å². The van der Waals surface area contributed by atoms with Crippen LogP contribution in [-0.4, -0.2) is 9.55 Å². The monoisotopic (exact) mass is 178 g/mol. The highest BCUT2D eigenvalue weighted by Crippen LogP contribution is 2.14. The number of nitrogens with zero attached hydrogens (tertiary/aromatic N) is 2. The summed E-state index contributed by atoms with van der Waals surface area (Å²) >= 11 is 0. The Bertz CT molecular complexity index is 420. The van der Waals surface area contributed by atoms with E-state index in [1.807, 2.05) is 4.57 Å². The van der Waals surface area contributed by atoms with Crippen LogP contribution in [0.2, 0.25) is 0 Å². The summed E-state index contributed by atoms with van der Waals surface area (Å²) in [7, 11) is 0. The first kappa shape index (κ1) is 8.23. The fourth-order valence-corrected chi connectivity index (χ4v) is 1.45. The van der Waals surface area contributed by atoms with E-state index in [1.165, 1.54) is 12.1 Å². The number of aryl methyl sites for hydroxylation is 1. The molecule has 1 heterocycles. The van der Waals surface area contributed by atoms with Gasteiger partial charge < -0.3 is 4.57 Å². The summed E-state index contributed by atoms with van der Waals surface area (Å²) in [6.45, 7) is 2.98. The van der Waals surface area contributed by atoms with Gasteiger partial charge >= 0.3 is 0 Å². The number of aromatic nitrogens is 2. The van der Waals surface area contributed by atoms with Crippen molar-refractivity contribution in [3.05, 3.63) is 30.3 Å². The van der Waals surface area contributed by atoms with E-state index in [0.717, 1.165) is 24.0 Å². The number of benzene rings is 1. The molecule has 0 radical (unpaired) electrons. The van der Waals surface area contributed by atoms with Gasteiger partial charge in [0.15, 0.2) is 0 Å². The summed E-state index contributed by atoms with van der Waals surface area (Å²) in [5.41, 5.74) is 1.73. The molecule has 0 unspecified atom stereocenters. The summed E-state index contributed by atoms with van der Waals surface area (Å²) < 4.78 is 14.9. The summed E-state index contributed by atoms with van der Waals surface area (Å²) in [6, 6.07) is 4.67. The first-order chi connectivity index (χ1) is 6.31. The van der Waals surface area contributed by atoms with Crippen molar-refractivity contribution in [1.82, 2.24) is 9.55 Å². The average molecular weight is 178 g/mol. The Morgan fingerprint density at radius 1 is 1.46 bits per heavy atom.